The molecule has 1 aromatic rings. The summed E-state index contributed by atoms with van der Waals surface area (Å²) in [6.07, 6.45) is 7.83. The van der Waals surface area contributed by atoms with Crippen molar-refractivity contribution in [1.29, 1.82) is 0 Å². The van der Waals surface area contributed by atoms with E-state index in [0.29, 0.717) is 24.5 Å². The van der Waals surface area contributed by atoms with Crippen molar-refractivity contribution in [3.05, 3.63) is 29.3 Å². The number of hydrogen-bond acceptors (Lipinski definition) is 5. The maximum Gasteiger partial charge on any atom is 0.338 e. The van der Waals surface area contributed by atoms with Gasteiger partial charge in [-0.1, -0.05) is 0 Å². The Bertz CT molecular complexity index is 785. The lowest BCUT2D eigenvalue weighted by atomic mass is 9.48. The van der Waals surface area contributed by atoms with Crippen LogP contribution in [0.3, 0.4) is 0 Å². The molecule has 4 bridgehead atoms. The van der Waals surface area contributed by atoms with Crippen LogP contribution in [0.25, 0.3) is 0 Å². The number of hydrogen-bond donors (Lipinski definition) is 1. The summed E-state index contributed by atoms with van der Waals surface area (Å²) in [4.78, 5) is 25.1. The van der Waals surface area contributed by atoms with Crippen LogP contribution in [0.15, 0.2) is 18.2 Å². The third kappa shape index (κ3) is 4.74. The standard InChI is InChI=1S/C25H35NO5/c1-4-30-14-21-10-20(5-6-22(21)29-3)24(28)31-15-23(27)26-16(2)25-11-17-7-18(12-25)9-19(8-17)13-25/h5-6,10,16-19H,4,7-9,11-15H2,1-3H3,(H,26,27)/t16-,17?,18?,19?,25?/m0/s1. The van der Waals surface area contributed by atoms with E-state index in [1.54, 1.807) is 25.3 Å². The third-order valence-corrected chi connectivity index (χ3v) is 7.69. The van der Waals surface area contributed by atoms with Crippen molar-refractivity contribution in [3.63, 3.8) is 0 Å². The molecule has 6 heteroatoms. The first-order chi connectivity index (χ1) is 14.9. The fraction of sp³-hybridized carbons (Fsp3) is 0.680. The highest BCUT2D eigenvalue weighted by Crippen LogP contribution is 2.61. The lowest BCUT2D eigenvalue weighted by Gasteiger charge is -2.59. The van der Waals surface area contributed by atoms with Gasteiger partial charge in [-0.05, 0) is 93.7 Å². The van der Waals surface area contributed by atoms with Gasteiger partial charge in [0.2, 0.25) is 0 Å². The normalized spacial score (nSPS) is 29.5. The van der Waals surface area contributed by atoms with Gasteiger partial charge in [-0.2, -0.15) is 0 Å². The second-order valence-electron chi connectivity index (χ2n) is 9.81. The van der Waals surface area contributed by atoms with Gasteiger partial charge in [0.15, 0.2) is 6.61 Å². The highest BCUT2D eigenvalue weighted by atomic mass is 16.5. The molecule has 0 aliphatic heterocycles. The van der Waals surface area contributed by atoms with Crippen LogP contribution in [0.5, 0.6) is 5.75 Å². The first-order valence-electron chi connectivity index (χ1n) is 11.6. The fourth-order valence-corrected chi connectivity index (χ4v) is 6.59. The molecule has 0 aromatic heterocycles. The van der Waals surface area contributed by atoms with E-state index in [4.69, 9.17) is 14.2 Å². The van der Waals surface area contributed by atoms with Gasteiger partial charge < -0.3 is 19.5 Å². The van der Waals surface area contributed by atoms with Gasteiger partial charge in [0.1, 0.15) is 5.75 Å². The Morgan fingerprint density at radius 2 is 1.77 bits per heavy atom. The highest BCUT2D eigenvalue weighted by Gasteiger charge is 2.53. The van der Waals surface area contributed by atoms with E-state index in [9.17, 15) is 9.59 Å². The Balaban J connectivity index is 1.31. The summed E-state index contributed by atoms with van der Waals surface area (Å²) >= 11 is 0. The Kier molecular flexibility index (Phi) is 6.56. The van der Waals surface area contributed by atoms with Crippen LogP contribution in [-0.2, 0) is 20.9 Å². The number of ether oxygens (including phenoxy) is 3. The molecule has 4 saturated carbocycles. The molecule has 0 unspecified atom stereocenters. The van der Waals surface area contributed by atoms with Crippen molar-refractivity contribution >= 4 is 11.9 Å². The zero-order valence-electron chi connectivity index (χ0n) is 18.9. The minimum absolute atomic E-state index is 0.117. The van der Waals surface area contributed by atoms with Crippen LogP contribution >= 0.6 is 0 Å². The predicted molar refractivity (Wildman–Crippen MR) is 117 cm³/mol. The Labute approximate surface area is 185 Å². The SMILES string of the molecule is CCOCc1cc(C(=O)OCC(=O)N[C@@H](C)C23CC4CC(CC(C4)C2)C3)ccc1OC. The van der Waals surface area contributed by atoms with Crippen LogP contribution < -0.4 is 10.1 Å². The average molecular weight is 430 g/mol. The number of esters is 1. The molecule has 1 amide bonds. The number of methoxy groups -OCH3 is 1. The molecule has 0 heterocycles. The number of amides is 1. The summed E-state index contributed by atoms with van der Waals surface area (Å²) < 4.78 is 16.1. The van der Waals surface area contributed by atoms with Crippen molar-refractivity contribution < 1.29 is 23.8 Å². The minimum Gasteiger partial charge on any atom is -0.496 e. The monoisotopic (exact) mass is 429 g/mol. The smallest absolute Gasteiger partial charge is 0.338 e. The first kappa shape index (κ1) is 22.1. The topological polar surface area (TPSA) is 73.9 Å². The van der Waals surface area contributed by atoms with E-state index in [-0.39, 0.29) is 24.0 Å². The molecule has 170 valence electrons. The molecule has 1 N–H and O–H groups in total. The van der Waals surface area contributed by atoms with Crippen molar-refractivity contribution in [2.75, 3.05) is 20.3 Å². The molecule has 0 radical (unpaired) electrons. The van der Waals surface area contributed by atoms with Gasteiger partial charge in [-0.3, -0.25) is 4.79 Å². The van der Waals surface area contributed by atoms with E-state index < -0.39 is 5.97 Å². The number of carbonyl (C=O) groups is 2. The highest BCUT2D eigenvalue weighted by molar-refractivity contribution is 5.91. The molecular weight excluding hydrogens is 394 g/mol. The predicted octanol–water partition coefficient (Wildman–Crippen LogP) is 4.11. The molecule has 4 fully saturated rings. The second kappa shape index (κ2) is 9.19. The van der Waals surface area contributed by atoms with Crippen LogP contribution in [0.2, 0.25) is 0 Å². The fourth-order valence-electron chi connectivity index (χ4n) is 6.59. The maximum absolute atomic E-state index is 12.6. The lowest BCUT2D eigenvalue weighted by Crippen LogP contribution is -2.56. The summed E-state index contributed by atoms with van der Waals surface area (Å²) in [5.74, 6) is 2.43. The summed E-state index contributed by atoms with van der Waals surface area (Å²) in [5.41, 5.74) is 1.40. The van der Waals surface area contributed by atoms with Crippen LogP contribution in [0.1, 0.15) is 68.3 Å². The van der Waals surface area contributed by atoms with Crippen molar-refractivity contribution in [2.45, 2.75) is 65.0 Å². The Hall–Kier alpha value is -2.08. The largest absolute Gasteiger partial charge is 0.496 e. The lowest BCUT2D eigenvalue weighted by molar-refractivity contribution is -0.128. The quantitative estimate of drug-likeness (QED) is 0.598. The molecule has 6 nitrogen and oxygen atoms in total. The number of carbonyl (C=O) groups excluding carboxylic acids is 2. The Morgan fingerprint density at radius 3 is 2.35 bits per heavy atom. The zero-order valence-corrected chi connectivity index (χ0v) is 18.9. The van der Waals surface area contributed by atoms with Gasteiger partial charge in [-0.25, -0.2) is 4.79 Å². The van der Waals surface area contributed by atoms with E-state index >= 15 is 0 Å². The zero-order chi connectivity index (χ0) is 22.0. The van der Waals surface area contributed by atoms with Crippen molar-refractivity contribution in [1.82, 2.24) is 5.32 Å². The van der Waals surface area contributed by atoms with Crippen molar-refractivity contribution in [3.8, 4) is 5.75 Å². The molecule has 1 aromatic carbocycles. The number of benzene rings is 1. The van der Waals surface area contributed by atoms with Gasteiger partial charge in [-0.15, -0.1) is 0 Å². The van der Waals surface area contributed by atoms with Crippen LogP contribution in [-0.4, -0.2) is 38.2 Å². The Morgan fingerprint density at radius 1 is 1.13 bits per heavy atom. The number of rotatable bonds is 9. The van der Waals surface area contributed by atoms with Crippen LogP contribution in [0, 0.1) is 23.2 Å². The van der Waals surface area contributed by atoms with Gasteiger partial charge >= 0.3 is 5.97 Å². The second-order valence-corrected chi connectivity index (χ2v) is 9.81. The summed E-state index contributed by atoms with van der Waals surface area (Å²) in [6.45, 7) is 4.70. The van der Waals surface area contributed by atoms with Crippen LogP contribution in [0.4, 0.5) is 0 Å². The van der Waals surface area contributed by atoms with E-state index in [1.807, 2.05) is 6.92 Å². The van der Waals surface area contributed by atoms with Gasteiger partial charge in [0.25, 0.3) is 5.91 Å². The molecule has 31 heavy (non-hydrogen) atoms. The molecular formula is C25H35NO5. The minimum atomic E-state index is -0.516. The maximum atomic E-state index is 12.6. The molecule has 0 spiro atoms. The molecule has 0 saturated heterocycles. The molecule has 4 aliphatic rings. The first-order valence-corrected chi connectivity index (χ1v) is 11.6. The van der Waals surface area contributed by atoms with E-state index in [2.05, 4.69) is 12.2 Å². The van der Waals surface area contributed by atoms with E-state index in [1.165, 1.54) is 38.5 Å². The van der Waals surface area contributed by atoms with Gasteiger partial charge in [0, 0.05) is 18.2 Å². The van der Waals surface area contributed by atoms with Crippen molar-refractivity contribution in [2.24, 2.45) is 23.2 Å². The molecule has 5 rings (SSSR count). The summed E-state index contributed by atoms with van der Waals surface area (Å²) in [5, 5.41) is 3.15. The molecule has 4 aliphatic carbocycles. The van der Waals surface area contributed by atoms with E-state index in [0.717, 1.165) is 23.3 Å². The summed E-state index contributed by atoms with van der Waals surface area (Å²) in [6, 6.07) is 5.19. The third-order valence-electron chi connectivity index (χ3n) is 7.69. The summed E-state index contributed by atoms with van der Waals surface area (Å²) in [7, 11) is 1.58. The molecule has 1 atom stereocenters. The van der Waals surface area contributed by atoms with Gasteiger partial charge in [0.05, 0.1) is 19.3 Å². The number of nitrogens with one attached hydrogen (secondary N) is 1. The average Bonchev–Trinajstić information content (AvgIpc) is 2.74.